The van der Waals surface area contributed by atoms with Gasteiger partial charge in [0, 0.05) is 44.8 Å². The number of aryl methyl sites for hydroxylation is 2. The Morgan fingerprint density at radius 1 is 1.21 bits per heavy atom. The highest BCUT2D eigenvalue weighted by molar-refractivity contribution is 7.99. The zero-order valence-electron chi connectivity index (χ0n) is 16.5. The van der Waals surface area contributed by atoms with E-state index in [1.54, 1.807) is 25.5 Å². The number of fused-ring (bicyclic) bond motifs is 1. The van der Waals surface area contributed by atoms with Crippen LogP contribution >= 0.6 is 11.8 Å². The van der Waals surface area contributed by atoms with Crippen molar-refractivity contribution in [3.05, 3.63) is 39.3 Å². The Balaban J connectivity index is 1.74. The van der Waals surface area contributed by atoms with Gasteiger partial charge in [-0.15, -0.1) is 0 Å². The van der Waals surface area contributed by atoms with E-state index >= 15 is 0 Å². The molecule has 2 atom stereocenters. The summed E-state index contributed by atoms with van der Waals surface area (Å²) in [6.45, 7) is 5.88. The summed E-state index contributed by atoms with van der Waals surface area (Å²) in [4.78, 5) is 42.3. The van der Waals surface area contributed by atoms with Gasteiger partial charge in [-0.1, -0.05) is 11.8 Å². The first kappa shape index (κ1) is 19.6. The third kappa shape index (κ3) is 3.92. The first-order chi connectivity index (χ1) is 13.9. The van der Waals surface area contributed by atoms with Crippen LogP contribution in [0.15, 0.2) is 33.2 Å². The SMILES string of the molecule is C[C@@H]1CN(c2nc3c(c(=O)[nH]c(=O)n3C)n2CCSc2ncccn2)C[C@H](C)O1. The Bertz CT molecular complexity index is 1110. The summed E-state index contributed by atoms with van der Waals surface area (Å²) in [7, 11) is 1.61. The van der Waals surface area contributed by atoms with E-state index in [1.807, 2.05) is 18.4 Å². The molecule has 0 unspecified atom stereocenters. The van der Waals surface area contributed by atoms with Gasteiger partial charge in [0.2, 0.25) is 5.95 Å². The molecule has 1 aliphatic heterocycles. The maximum absolute atomic E-state index is 12.6. The minimum Gasteiger partial charge on any atom is -0.372 e. The Hall–Kier alpha value is -2.66. The van der Waals surface area contributed by atoms with E-state index in [0.29, 0.717) is 47.7 Å². The number of ether oxygens (including phenoxy) is 1. The molecule has 3 aromatic rings. The maximum Gasteiger partial charge on any atom is 0.329 e. The van der Waals surface area contributed by atoms with Gasteiger partial charge < -0.3 is 14.2 Å². The number of thioether (sulfide) groups is 1. The molecule has 0 aliphatic carbocycles. The lowest BCUT2D eigenvalue weighted by molar-refractivity contribution is -0.00586. The maximum atomic E-state index is 12.6. The van der Waals surface area contributed by atoms with Crippen molar-refractivity contribution >= 4 is 28.9 Å². The lowest BCUT2D eigenvalue weighted by Crippen LogP contribution is -2.46. The van der Waals surface area contributed by atoms with E-state index in [0.717, 1.165) is 0 Å². The molecular formula is C18H23N7O3S. The fourth-order valence-corrected chi connectivity index (χ4v) is 4.33. The molecule has 154 valence electrons. The number of H-pyrrole nitrogens is 1. The van der Waals surface area contributed by atoms with Gasteiger partial charge in [0.25, 0.3) is 5.56 Å². The number of anilines is 1. The molecule has 29 heavy (non-hydrogen) atoms. The van der Waals surface area contributed by atoms with Crippen molar-refractivity contribution in [1.82, 2.24) is 29.1 Å². The third-order valence-corrected chi connectivity index (χ3v) is 5.63. The highest BCUT2D eigenvalue weighted by Gasteiger charge is 2.28. The molecule has 4 rings (SSSR count). The van der Waals surface area contributed by atoms with E-state index in [2.05, 4.69) is 24.8 Å². The van der Waals surface area contributed by atoms with Crippen LogP contribution in [0.2, 0.25) is 0 Å². The monoisotopic (exact) mass is 417 g/mol. The molecule has 0 aromatic carbocycles. The number of nitrogens with zero attached hydrogens (tertiary/aromatic N) is 6. The minimum absolute atomic E-state index is 0.0428. The summed E-state index contributed by atoms with van der Waals surface area (Å²) in [5.74, 6) is 1.32. The first-order valence-electron chi connectivity index (χ1n) is 9.44. The quantitative estimate of drug-likeness (QED) is 0.475. The molecule has 1 saturated heterocycles. The second-order valence-electron chi connectivity index (χ2n) is 7.10. The number of morpholine rings is 1. The van der Waals surface area contributed by atoms with E-state index in [1.165, 1.54) is 16.3 Å². The van der Waals surface area contributed by atoms with Crippen LogP contribution in [-0.2, 0) is 18.3 Å². The second-order valence-corrected chi connectivity index (χ2v) is 8.16. The van der Waals surface area contributed by atoms with Crippen molar-refractivity contribution in [2.24, 2.45) is 7.05 Å². The summed E-state index contributed by atoms with van der Waals surface area (Å²) in [5, 5.41) is 0.674. The van der Waals surface area contributed by atoms with Gasteiger partial charge >= 0.3 is 5.69 Å². The van der Waals surface area contributed by atoms with Crippen molar-refractivity contribution in [3.63, 3.8) is 0 Å². The van der Waals surface area contributed by atoms with E-state index in [-0.39, 0.29) is 12.2 Å². The van der Waals surface area contributed by atoms with Crippen LogP contribution < -0.4 is 16.1 Å². The number of rotatable bonds is 5. The zero-order valence-corrected chi connectivity index (χ0v) is 17.3. The Morgan fingerprint density at radius 3 is 2.59 bits per heavy atom. The molecule has 1 aliphatic rings. The summed E-state index contributed by atoms with van der Waals surface area (Å²) in [5.41, 5.74) is -0.142. The molecule has 4 heterocycles. The topological polar surface area (TPSA) is 111 Å². The number of aromatic amines is 1. The van der Waals surface area contributed by atoms with E-state index in [9.17, 15) is 9.59 Å². The number of hydrogen-bond donors (Lipinski definition) is 1. The lowest BCUT2D eigenvalue weighted by atomic mass is 10.2. The van der Waals surface area contributed by atoms with E-state index < -0.39 is 11.2 Å². The fourth-order valence-electron chi connectivity index (χ4n) is 3.61. The standard InChI is InChI=1S/C18H23N7O3S/c1-11-9-24(10-12(2)28-11)17-21-14-13(15(26)22-18(27)23(14)3)25(17)7-8-29-16-19-5-4-6-20-16/h4-6,11-12H,7-10H2,1-3H3,(H,22,26,27)/t11-,12+. The highest BCUT2D eigenvalue weighted by atomic mass is 32.2. The van der Waals surface area contributed by atoms with Crippen molar-refractivity contribution in [2.45, 2.75) is 37.8 Å². The van der Waals surface area contributed by atoms with E-state index in [4.69, 9.17) is 4.74 Å². The molecule has 1 N–H and O–H groups in total. The molecule has 0 spiro atoms. The van der Waals surface area contributed by atoms with Crippen molar-refractivity contribution in [2.75, 3.05) is 23.7 Å². The predicted octanol–water partition coefficient (Wildman–Crippen LogP) is 0.619. The molecule has 1 fully saturated rings. The Kier molecular flexibility index (Phi) is 5.41. The second kappa shape index (κ2) is 7.99. The number of aromatic nitrogens is 6. The first-order valence-corrected chi connectivity index (χ1v) is 10.4. The van der Waals surface area contributed by atoms with Gasteiger partial charge in [0.05, 0.1) is 12.2 Å². The molecule has 0 radical (unpaired) electrons. The van der Waals surface area contributed by atoms with Gasteiger partial charge in [0.15, 0.2) is 16.3 Å². The van der Waals surface area contributed by atoms with Crippen LogP contribution in [0.5, 0.6) is 0 Å². The Labute approximate surface area is 170 Å². The van der Waals surface area contributed by atoms with Crippen LogP contribution in [0.1, 0.15) is 13.8 Å². The number of imidazole rings is 1. The molecule has 0 bridgehead atoms. The van der Waals surface area contributed by atoms with Crippen LogP contribution in [0, 0.1) is 0 Å². The Morgan fingerprint density at radius 2 is 1.90 bits per heavy atom. The number of hydrogen-bond acceptors (Lipinski definition) is 8. The molecule has 0 saturated carbocycles. The molecule has 11 heteroatoms. The number of nitrogens with one attached hydrogen (secondary N) is 1. The smallest absolute Gasteiger partial charge is 0.329 e. The summed E-state index contributed by atoms with van der Waals surface area (Å²) in [6, 6.07) is 1.77. The zero-order chi connectivity index (χ0) is 20.5. The highest BCUT2D eigenvalue weighted by Crippen LogP contribution is 2.24. The molecule has 0 amide bonds. The summed E-state index contributed by atoms with van der Waals surface area (Å²) < 4.78 is 9.09. The normalized spacial score (nSPS) is 19.8. The van der Waals surface area contributed by atoms with Crippen molar-refractivity contribution < 1.29 is 4.74 Å². The average Bonchev–Trinajstić information content (AvgIpc) is 3.07. The van der Waals surface area contributed by atoms with Crippen LogP contribution in [-0.4, -0.2) is 60.1 Å². The lowest BCUT2D eigenvalue weighted by Gasteiger charge is -2.36. The summed E-state index contributed by atoms with van der Waals surface area (Å²) in [6.07, 6.45) is 3.48. The van der Waals surface area contributed by atoms with Gasteiger partial charge in [-0.05, 0) is 19.9 Å². The van der Waals surface area contributed by atoms with Crippen LogP contribution in [0.4, 0.5) is 5.95 Å². The van der Waals surface area contributed by atoms with Crippen molar-refractivity contribution in [1.29, 1.82) is 0 Å². The molecule has 10 nitrogen and oxygen atoms in total. The average molecular weight is 417 g/mol. The molecular weight excluding hydrogens is 394 g/mol. The molecule has 3 aromatic heterocycles. The largest absolute Gasteiger partial charge is 0.372 e. The van der Waals surface area contributed by atoms with Crippen LogP contribution in [0.3, 0.4) is 0 Å². The van der Waals surface area contributed by atoms with Gasteiger partial charge in [-0.25, -0.2) is 14.8 Å². The van der Waals surface area contributed by atoms with Gasteiger partial charge in [-0.2, -0.15) is 4.98 Å². The van der Waals surface area contributed by atoms with Crippen LogP contribution in [0.25, 0.3) is 11.2 Å². The predicted molar refractivity (Wildman–Crippen MR) is 111 cm³/mol. The fraction of sp³-hybridized carbons (Fsp3) is 0.500. The van der Waals surface area contributed by atoms with Gasteiger partial charge in [-0.3, -0.25) is 14.3 Å². The minimum atomic E-state index is -0.477. The van der Waals surface area contributed by atoms with Crippen molar-refractivity contribution in [3.8, 4) is 0 Å². The van der Waals surface area contributed by atoms with Gasteiger partial charge in [0.1, 0.15) is 0 Å². The third-order valence-electron chi connectivity index (χ3n) is 4.78. The summed E-state index contributed by atoms with van der Waals surface area (Å²) >= 11 is 1.50.